The number of methoxy groups -OCH3 is 1. The number of ether oxygens (including phenoxy) is 1. The topological polar surface area (TPSA) is 152 Å². The van der Waals surface area contributed by atoms with Crippen LogP contribution in [0.25, 0.3) is 28.1 Å². The number of benzene rings is 2. The molecule has 0 saturated carbocycles. The number of thioether (sulfide) groups is 1. The molecule has 0 spiro atoms. The average Bonchev–Trinajstić information content (AvgIpc) is 3.60. The number of nitrogens with zero attached hydrogens (tertiary/aromatic N) is 4. The quantitative estimate of drug-likeness (QED) is 0.141. The van der Waals surface area contributed by atoms with Crippen LogP contribution in [0.1, 0.15) is 25.1 Å². The zero-order valence-electron chi connectivity index (χ0n) is 20.5. The number of aliphatic hydroxyl groups excluding tert-OH is 1. The Morgan fingerprint density at radius 1 is 1.13 bits per heavy atom. The third-order valence-corrected chi connectivity index (χ3v) is 8.80. The van der Waals surface area contributed by atoms with E-state index < -0.39 is 16.0 Å². The predicted octanol–water partition coefficient (Wildman–Crippen LogP) is 4.02. The zero-order valence-corrected chi connectivity index (χ0v) is 22.1. The highest BCUT2D eigenvalue weighted by molar-refractivity contribution is 7.99. The van der Waals surface area contributed by atoms with Crippen molar-refractivity contribution in [3.8, 4) is 11.5 Å². The van der Waals surface area contributed by atoms with E-state index in [9.17, 15) is 18.3 Å². The molecule has 11 nitrogen and oxygen atoms in total. The highest BCUT2D eigenvalue weighted by Gasteiger charge is 2.27. The van der Waals surface area contributed by atoms with Crippen molar-refractivity contribution in [3.63, 3.8) is 0 Å². The number of aromatic amines is 1. The van der Waals surface area contributed by atoms with Crippen LogP contribution in [0.5, 0.6) is 0 Å². The summed E-state index contributed by atoms with van der Waals surface area (Å²) in [4.78, 5) is 20.0. The van der Waals surface area contributed by atoms with Gasteiger partial charge in [0.05, 0.1) is 28.8 Å². The number of aliphatic hydroxyl groups is 1. The number of piperidine rings is 1. The Kier molecular flexibility index (Phi) is 7.49. The zero-order chi connectivity index (χ0) is 26.7. The first-order valence-electron chi connectivity index (χ1n) is 11.9. The van der Waals surface area contributed by atoms with Crippen molar-refractivity contribution >= 4 is 44.4 Å². The highest BCUT2D eigenvalue weighted by atomic mass is 32.2. The lowest BCUT2D eigenvalue weighted by atomic mass is 10.2. The first-order valence-corrected chi connectivity index (χ1v) is 14.3. The molecule has 38 heavy (non-hydrogen) atoms. The summed E-state index contributed by atoms with van der Waals surface area (Å²) in [6.45, 7) is 1.01. The molecular weight excluding hydrogens is 530 g/mol. The van der Waals surface area contributed by atoms with Crippen LogP contribution >= 0.6 is 11.8 Å². The molecule has 0 aliphatic carbocycles. The Hall–Kier alpha value is -3.68. The van der Waals surface area contributed by atoms with Crippen molar-refractivity contribution in [2.24, 2.45) is 0 Å². The van der Waals surface area contributed by atoms with Crippen LogP contribution in [0.15, 0.2) is 68.8 Å². The number of H-pyrrole nitrogens is 1. The van der Waals surface area contributed by atoms with E-state index in [1.54, 1.807) is 30.3 Å². The van der Waals surface area contributed by atoms with Crippen LogP contribution in [0.2, 0.25) is 0 Å². The number of carbonyl (C=O) groups is 1. The average molecular weight is 556 g/mol. The van der Waals surface area contributed by atoms with E-state index in [0.29, 0.717) is 29.7 Å². The molecule has 1 aliphatic heterocycles. The summed E-state index contributed by atoms with van der Waals surface area (Å²) in [6, 6.07) is 13.6. The summed E-state index contributed by atoms with van der Waals surface area (Å²) in [6.07, 6.45) is 2.72. The van der Waals surface area contributed by atoms with Crippen LogP contribution < -0.4 is 0 Å². The number of imidazole rings is 1. The number of sulfonamides is 1. The van der Waals surface area contributed by atoms with E-state index in [-0.39, 0.29) is 38.9 Å². The molecular formula is C25H25N5O6S2. The molecule has 1 saturated heterocycles. The third kappa shape index (κ3) is 5.30. The number of rotatable bonds is 8. The third-order valence-electron chi connectivity index (χ3n) is 6.08. The molecule has 0 unspecified atom stereocenters. The van der Waals surface area contributed by atoms with E-state index in [0.717, 1.165) is 31.0 Å². The van der Waals surface area contributed by atoms with Gasteiger partial charge in [0.1, 0.15) is 17.2 Å². The molecule has 0 radical (unpaired) electrons. The first kappa shape index (κ1) is 25.9. The molecule has 2 N–H and O–H groups in total. The number of carbonyl (C=O) groups excluding carboxylic acids is 1. The minimum Gasteiger partial charge on any atom is -0.510 e. The molecule has 1 fully saturated rings. The van der Waals surface area contributed by atoms with Gasteiger partial charge in [0.25, 0.3) is 5.22 Å². The molecule has 13 heteroatoms. The number of hydrogen-bond acceptors (Lipinski definition) is 10. The number of fused-ring (bicyclic) bond motifs is 1. The number of para-hydroxylation sites is 2. The van der Waals surface area contributed by atoms with E-state index in [2.05, 4.69) is 20.2 Å². The maximum atomic E-state index is 13.0. The minimum atomic E-state index is -3.62. The summed E-state index contributed by atoms with van der Waals surface area (Å²) < 4.78 is 38.2. The second kappa shape index (κ2) is 11.0. The van der Waals surface area contributed by atoms with Gasteiger partial charge in [-0.2, -0.15) is 4.31 Å². The van der Waals surface area contributed by atoms with E-state index in [1.165, 1.54) is 17.5 Å². The Bertz CT molecular complexity index is 1570. The van der Waals surface area contributed by atoms with Crippen molar-refractivity contribution < 1.29 is 27.5 Å². The largest absolute Gasteiger partial charge is 0.510 e. The summed E-state index contributed by atoms with van der Waals surface area (Å²) in [5.41, 5.74) is 1.69. The van der Waals surface area contributed by atoms with Gasteiger partial charge in [-0.15, -0.1) is 10.2 Å². The molecule has 2 aromatic carbocycles. The lowest BCUT2D eigenvalue weighted by Crippen LogP contribution is -2.35. The molecule has 198 valence electrons. The van der Waals surface area contributed by atoms with Crippen LogP contribution in [0.4, 0.5) is 0 Å². The van der Waals surface area contributed by atoms with Crippen LogP contribution in [-0.2, 0) is 19.6 Å². The number of hydrogen-bond donors (Lipinski definition) is 2. The van der Waals surface area contributed by atoms with Gasteiger partial charge in [-0.05, 0) is 43.2 Å². The van der Waals surface area contributed by atoms with Crippen LogP contribution in [0, 0.1) is 0 Å². The van der Waals surface area contributed by atoms with Crippen molar-refractivity contribution in [2.75, 3.05) is 26.0 Å². The lowest BCUT2D eigenvalue weighted by molar-refractivity contribution is -0.133. The van der Waals surface area contributed by atoms with Crippen molar-refractivity contribution in [1.82, 2.24) is 24.5 Å². The molecule has 0 amide bonds. The maximum Gasteiger partial charge on any atom is 0.345 e. The smallest absolute Gasteiger partial charge is 0.345 e. The maximum absolute atomic E-state index is 13.0. The monoisotopic (exact) mass is 555 g/mol. The Balaban J connectivity index is 1.35. The van der Waals surface area contributed by atoms with Crippen LogP contribution in [0.3, 0.4) is 0 Å². The van der Waals surface area contributed by atoms with Gasteiger partial charge in [-0.3, -0.25) is 0 Å². The number of esters is 1. The van der Waals surface area contributed by atoms with Crippen molar-refractivity contribution in [3.05, 3.63) is 60.1 Å². The van der Waals surface area contributed by atoms with Gasteiger partial charge in [0.2, 0.25) is 15.9 Å². The predicted molar refractivity (Wildman–Crippen MR) is 141 cm³/mol. The fourth-order valence-corrected chi connectivity index (χ4v) is 6.36. The SMILES string of the molecule is COC(=O)/C(=C(/O)CSc1nnc(-c2cccc(S(=O)(=O)N3CCCCC3)c2)o1)c1nc2ccccc2[nH]1. The van der Waals surface area contributed by atoms with E-state index in [1.807, 2.05) is 12.1 Å². The molecule has 4 aromatic rings. The van der Waals surface area contributed by atoms with Gasteiger partial charge >= 0.3 is 5.97 Å². The first-order chi connectivity index (χ1) is 18.4. The fourth-order valence-electron chi connectivity index (χ4n) is 4.16. The Morgan fingerprint density at radius 2 is 1.92 bits per heavy atom. The second-order valence-corrected chi connectivity index (χ2v) is 11.4. The van der Waals surface area contributed by atoms with Crippen molar-refractivity contribution in [2.45, 2.75) is 29.4 Å². The van der Waals surface area contributed by atoms with Crippen molar-refractivity contribution in [1.29, 1.82) is 0 Å². The fraction of sp³-hybridized carbons (Fsp3) is 0.280. The standard InChI is InChI=1S/C25H25N5O6S2/c1-35-24(32)21(22-26-18-10-3-4-11-19(18)27-22)20(31)15-37-25-29-28-23(36-25)16-8-7-9-17(14-16)38(33,34)30-12-5-2-6-13-30/h3-4,7-11,14,31H,2,5-6,12-13,15H2,1H3,(H,26,27)/b21-20+. The van der Waals surface area contributed by atoms with Gasteiger partial charge in [0.15, 0.2) is 0 Å². The van der Waals surface area contributed by atoms with Gasteiger partial charge in [-0.1, -0.05) is 36.4 Å². The Labute approximate surface area is 223 Å². The van der Waals surface area contributed by atoms with E-state index in [4.69, 9.17) is 9.15 Å². The lowest BCUT2D eigenvalue weighted by Gasteiger charge is -2.25. The molecule has 2 aromatic heterocycles. The summed E-state index contributed by atoms with van der Waals surface area (Å²) in [7, 11) is -2.40. The molecule has 0 bridgehead atoms. The molecule has 0 atom stereocenters. The summed E-state index contributed by atoms with van der Waals surface area (Å²) in [5.74, 6) is -0.798. The number of nitrogens with one attached hydrogen (secondary N) is 1. The van der Waals surface area contributed by atoms with Crippen LogP contribution in [-0.4, -0.2) is 69.9 Å². The summed E-state index contributed by atoms with van der Waals surface area (Å²) in [5, 5.41) is 18.9. The van der Waals surface area contributed by atoms with Gasteiger partial charge in [-0.25, -0.2) is 18.2 Å². The second-order valence-electron chi connectivity index (χ2n) is 8.57. The normalized spacial score (nSPS) is 15.4. The summed E-state index contributed by atoms with van der Waals surface area (Å²) >= 11 is 1.01. The molecule has 3 heterocycles. The van der Waals surface area contributed by atoms with E-state index >= 15 is 0 Å². The number of aromatic nitrogens is 4. The van der Waals surface area contributed by atoms with Gasteiger partial charge < -0.3 is 19.2 Å². The van der Waals surface area contributed by atoms with Gasteiger partial charge in [0, 0.05) is 18.7 Å². The highest BCUT2D eigenvalue weighted by Crippen LogP contribution is 2.29. The molecule has 5 rings (SSSR count). The minimum absolute atomic E-state index is 0.0769. The Morgan fingerprint density at radius 3 is 2.68 bits per heavy atom. The molecule has 1 aliphatic rings.